The predicted molar refractivity (Wildman–Crippen MR) is 84.0 cm³/mol. The quantitative estimate of drug-likeness (QED) is 0.867. The standard InChI is InChI=1S/C16H22N2O3S/c1-11-3-4-12(2)15(9-11)22(20,21)18(14-7-8-14)10-16(19)17-13-5-6-13/h3-4,9,13-14H,5-8,10H2,1-2H3,(H,17,19). The summed E-state index contributed by atoms with van der Waals surface area (Å²) in [5, 5.41) is 2.87. The van der Waals surface area contributed by atoms with E-state index in [1.165, 1.54) is 4.31 Å². The van der Waals surface area contributed by atoms with Crippen LogP contribution >= 0.6 is 0 Å². The average molecular weight is 322 g/mol. The van der Waals surface area contributed by atoms with Crippen LogP contribution in [-0.4, -0.2) is 37.3 Å². The summed E-state index contributed by atoms with van der Waals surface area (Å²) in [6.07, 6.45) is 3.67. The molecular formula is C16H22N2O3S. The molecule has 1 amide bonds. The fourth-order valence-corrected chi connectivity index (χ4v) is 4.48. The summed E-state index contributed by atoms with van der Waals surface area (Å²) in [5.74, 6) is -0.191. The van der Waals surface area contributed by atoms with Crippen molar-refractivity contribution in [3.05, 3.63) is 29.3 Å². The number of sulfonamides is 1. The van der Waals surface area contributed by atoms with Gasteiger partial charge in [0.1, 0.15) is 0 Å². The Balaban J connectivity index is 1.85. The normalized spacial score (nSPS) is 18.5. The molecule has 3 rings (SSSR count). The van der Waals surface area contributed by atoms with Crippen molar-refractivity contribution in [1.29, 1.82) is 0 Å². The zero-order chi connectivity index (χ0) is 15.9. The van der Waals surface area contributed by atoms with Gasteiger partial charge in [-0.3, -0.25) is 4.79 Å². The van der Waals surface area contributed by atoms with Crippen LogP contribution < -0.4 is 5.32 Å². The van der Waals surface area contributed by atoms with Gasteiger partial charge in [-0.25, -0.2) is 8.42 Å². The van der Waals surface area contributed by atoms with Gasteiger partial charge in [-0.1, -0.05) is 12.1 Å². The molecule has 0 heterocycles. The Morgan fingerprint density at radius 2 is 1.91 bits per heavy atom. The van der Waals surface area contributed by atoms with Gasteiger partial charge in [0.25, 0.3) is 0 Å². The monoisotopic (exact) mass is 322 g/mol. The molecule has 1 aromatic rings. The van der Waals surface area contributed by atoms with E-state index in [1.807, 2.05) is 19.1 Å². The van der Waals surface area contributed by atoms with Gasteiger partial charge in [-0.15, -0.1) is 0 Å². The molecule has 0 aromatic heterocycles. The fraction of sp³-hybridized carbons (Fsp3) is 0.562. The first kappa shape index (κ1) is 15.5. The summed E-state index contributed by atoms with van der Waals surface area (Å²) in [5.41, 5.74) is 1.63. The molecule has 1 N–H and O–H groups in total. The first-order valence-electron chi connectivity index (χ1n) is 7.76. The topological polar surface area (TPSA) is 66.5 Å². The molecule has 2 saturated carbocycles. The Kier molecular flexibility index (Phi) is 3.99. The van der Waals surface area contributed by atoms with Crippen molar-refractivity contribution in [2.24, 2.45) is 0 Å². The highest BCUT2D eigenvalue weighted by Crippen LogP contribution is 2.33. The average Bonchev–Trinajstić information content (AvgIpc) is 3.32. The van der Waals surface area contributed by atoms with Crippen molar-refractivity contribution in [3.63, 3.8) is 0 Å². The van der Waals surface area contributed by atoms with Crippen molar-refractivity contribution in [2.45, 2.75) is 56.5 Å². The van der Waals surface area contributed by atoms with E-state index in [4.69, 9.17) is 0 Å². The third kappa shape index (κ3) is 3.33. The van der Waals surface area contributed by atoms with Crippen molar-refractivity contribution in [1.82, 2.24) is 9.62 Å². The summed E-state index contributed by atoms with van der Waals surface area (Å²) in [6.45, 7) is 3.60. The number of carbonyl (C=O) groups is 1. The number of carbonyl (C=O) groups excluding carboxylic acids is 1. The highest BCUT2D eigenvalue weighted by Gasteiger charge is 2.40. The number of rotatable bonds is 6. The van der Waals surface area contributed by atoms with Crippen LogP contribution in [0.25, 0.3) is 0 Å². The third-order valence-electron chi connectivity index (χ3n) is 4.13. The van der Waals surface area contributed by atoms with Gasteiger partial charge in [0.2, 0.25) is 15.9 Å². The molecule has 0 unspecified atom stereocenters. The lowest BCUT2D eigenvalue weighted by atomic mass is 10.2. The lowest BCUT2D eigenvalue weighted by Crippen LogP contribution is -2.42. The molecule has 0 radical (unpaired) electrons. The Bertz CT molecular complexity index is 691. The molecule has 120 valence electrons. The molecule has 0 bridgehead atoms. The highest BCUT2D eigenvalue weighted by atomic mass is 32.2. The zero-order valence-electron chi connectivity index (χ0n) is 13.0. The van der Waals surface area contributed by atoms with Crippen LogP contribution in [0, 0.1) is 13.8 Å². The maximum atomic E-state index is 13.0. The van der Waals surface area contributed by atoms with Gasteiger partial charge < -0.3 is 5.32 Å². The first-order chi connectivity index (χ1) is 10.4. The summed E-state index contributed by atoms with van der Waals surface area (Å²) in [7, 11) is -3.63. The second-order valence-electron chi connectivity index (χ2n) is 6.39. The first-order valence-corrected chi connectivity index (χ1v) is 9.20. The van der Waals surface area contributed by atoms with E-state index in [9.17, 15) is 13.2 Å². The van der Waals surface area contributed by atoms with Crippen LogP contribution in [0.3, 0.4) is 0 Å². The lowest BCUT2D eigenvalue weighted by Gasteiger charge is -2.22. The SMILES string of the molecule is Cc1ccc(C)c(S(=O)(=O)N(CC(=O)NC2CC2)C2CC2)c1. The van der Waals surface area contributed by atoms with Gasteiger partial charge in [-0.2, -0.15) is 4.31 Å². The van der Waals surface area contributed by atoms with Crippen LogP contribution in [0.5, 0.6) is 0 Å². The van der Waals surface area contributed by atoms with Crippen LogP contribution in [0.2, 0.25) is 0 Å². The van der Waals surface area contributed by atoms with E-state index in [-0.39, 0.29) is 24.5 Å². The van der Waals surface area contributed by atoms with Crippen LogP contribution in [0.15, 0.2) is 23.1 Å². The van der Waals surface area contributed by atoms with E-state index in [2.05, 4.69) is 5.32 Å². The molecule has 0 atom stereocenters. The van der Waals surface area contributed by atoms with E-state index < -0.39 is 10.0 Å². The Hall–Kier alpha value is -1.40. The number of nitrogens with zero attached hydrogens (tertiary/aromatic N) is 1. The highest BCUT2D eigenvalue weighted by molar-refractivity contribution is 7.89. The number of nitrogens with one attached hydrogen (secondary N) is 1. The number of hydrogen-bond donors (Lipinski definition) is 1. The molecule has 2 fully saturated rings. The van der Waals surface area contributed by atoms with E-state index in [0.717, 1.165) is 36.8 Å². The van der Waals surface area contributed by atoms with Gasteiger partial charge in [0.05, 0.1) is 11.4 Å². The molecule has 2 aliphatic rings. The van der Waals surface area contributed by atoms with Crippen molar-refractivity contribution in [3.8, 4) is 0 Å². The molecule has 1 aromatic carbocycles. The van der Waals surface area contributed by atoms with Crippen molar-refractivity contribution in [2.75, 3.05) is 6.54 Å². The Morgan fingerprint density at radius 3 is 2.50 bits per heavy atom. The second-order valence-corrected chi connectivity index (χ2v) is 8.25. The van der Waals surface area contributed by atoms with Crippen molar-refractivity contribution < 1.29 is 13.2 Å². The maximum absolute atomic E-state index is 13.0. The van der Waals surface area contributed by atoms with Crippen LogP contribution in [0.1, 0.15) is 36.8 Å². The van der Waals surface area contributed by atoms with E-state index in [0.29, 0.717) is 4.90 Å². The van der Waals surface area contributed by atoms with Crippen LogP contribution in [0.4, 0.5) is 0 Å². The molecule has 0 aliphatic heterocycles. The summed E-state index contributed by atoms with van der Waals surface area (Å²) < 4.78 is 27.3. The molecule has 22 heavy (non-hydrogen) atoms. The number of hydrogen-bond acceptors (Lipinski definition) is 3. The molecular weight excluding hydrogens is 300 g/mol. The van der Waals surface area contributed by atoms with Gasteiger partial charge in [0, 0.05) is 12.1 Å². The number of aryl methyl sites for hydroxylation is 2. The summed E-state index contributed by atoms with van der Waals surface area (Å²) in [4.78, 5) is 12.4. The van der Waals surface area contributed by atoms with E-state index in [1.54, 1.807) is 13.0 Å². The molecule has 6 heteroatoms. The molecule has 0 saturated heterocycles. The van der Waals surface area contributed by atoms with Gasteiger partial charge >= 0.3 is 0 Å². The fourth-order valence-electron chi connectivity index (χ4n) is 2.53. The van der Waals surface area contributed by atoms with Gasteiger partial charge in [-0.05, 0) is 56.7 Å². The minimum Gasteiger partial charge on any atom is -0.352 e. The summed E-state index contributed by atoms with van der Waals surface area (Å²) in [6, 6.07) is 5.62. The minimum atomic E-state index is -3.63. The zero-order valence-corrected chi connectivity index (χ0v) is 13.8. The molecule has 2 aliphatic carbocycles. The van der Waals surface area contributed by atoms with E-state index >= 15 is 0 Å². The smallest absolute Gasteiger partial charge is 0.244 e. The number of amides is 1. The third-order valence-corrected chi connectivity index (χ3v) is 6.17. The number of benzene rings is 1. The molecule has 5 nitrogen and oxygen atoms in total. The predicted octanol–water partition coefficient (Wildman–Crippen LogP) is 1.74. The second kappa shape index (κ2) is 5.66. The largest absolute Gasteiger partial charge is 0.352 e. The Labute approximate surface area is 131 Å². The summed E-state index contributed by atoms with van der Waals surface area (Å²) >= 11 is 0. The Morgan fingerprint density at radius 1 is 1.23 bits per heavy atom. The molecule has 0 spiro atoms. The lowest BCUT2D eigenvalue weighted by molar-refractivity contribution is -0.121. The maximum Gasteiger partial charge on any atom is 0.244 e. The minimum absolute atomic E-state index is 0.0325. The van der Waals surface area contributed by atoms with Crippen molar-refractivity contribution >= 4 is 15.9 Å². The van der Waals surface area contributed by atoms with Gasteiger partial charge in [0.15, 0.2) is 0 Å². The van der Waals surface area contributed by atoms with Crippen LogP contribution in [-0.2, 0) is 14.8 Å².